The molecule has 4 heterocycles. The van der Waals surface area contributed by atoms with Gasteiger partial charge in [-0.25, -0.2) is 18.2 Å². The van der Waals surface area contributed by atoms with E-state index in [1.165, 1.54) is 17.9 Å². The number of fused-ring (bicyclic) bond motifs is 5. The number of para-hydroxylation sites is 1. The fraction of sp³-hybridized carbons (Fsp3) is 0.605. The normalized spacial score (nSPS) is 29.9. The summed E-state index contributed by atoms with van der Waals surface area (Å²) in [5, 5.41) is 13.5. The van der Waals surface area contributed by atoms with E-state index >= 15 is 0 Å². The average molecular weight is 790 g/mol. The molecule has 17 heteroatoms. The van der Waals surface area contributed by atoms with Crippen molar-refractivity contribution >= 4 is 44.7 Å². The van der Waals surface area contributed by atoms with E-state index in [1.54, 1.807) is 38.1 Å². The zero-order valence-electron chi connectivity index (χ0n) is 30.9. The van der Waals surface area contributed by atoms with Crippen LogP contribution in [0.25, 0.3) is 10.9 Å². The number of hydrogen-bond acceptors (Lipinski definition) is 8. The number of nitrogens with zero attached hydrogens (tertiary/aromatic N) is 3. The largest absolute Gasteiger partial charge is 0.483 e. The number of pyridine rings is 1. The molecule has 2 aromatic rings. The van der Waals surface area contributed by atoms with E-state index in [4.69, 9.17) is 4.74 Å². The maximum Gasteiger partial charge on any atom is 0.437 e. The number of aromatic nitrogens is 1. The molecule has 3 aliphatic heterocycles. The maximum atomic E-state index is 14.8. The molecule has 0 unspecified atom stereocenters. The SMILES string of the molecule is CC(C)N(C(=O)O)[C@H]1CCCCC/C=C\[C@@H]2C[C@@]2(C(=O)NS(=O)(=O)C2(C)CC2)NC(=O)[C@@H]2C[C@]3(CCc4c(c(C(F)(F)F)nc5ccccc45)O3)CN2C1=O. The first-order chi connectivity index (χ1) is 25.8. The third kappa shape index (κ3) is 7.01. The highest BCUT2D eigenvalue weighted by molar-refractivity contribution is 7.91. The van der Waals surface area contributed by atoms with E-state index in [0.29, 0.717) is 49.5 Å². The molecular formula is C38H46F3N5O8S. The zero-order chi connectivity index (χ0) is 39.7. The first-order valence-electron chi connectivity index (χ1n) is 18.9. The molecular weight excluding hydrogens is 744 g/mol. The fourth-order valence-electron chi connectivity index (χ4n) is 8.49. The first kappa shape index (κ1) is 38.8. The number of carbonyl (C=O) groups excluding carboxylic acids is 3. The number of carboxylic acid groups (broad SMARTS) is 1. The minimum absolute atomic E-state index is 0.0828. The molecule has 5 atom stereocenters. The van der Waals surface area contributed by atoms with Crippen molar-refractivity contribution in [1.29, 1.82) is 0 Å². The van der Waals surface area contributed by atoms with E-state index in [-0.39, 0.29) is 44.2 Å². The molecule has 2 saturated carbocycles. The van der Waals surface area contributed by atoms with E-state index < -0.39 is 91.4 Å². The number of amides is 4. The molecule has 1 spiro atoms. The number of sulfonamides is 1. The summed E-state index contributed by atoms with van der Waals surface area (Å²) in [5.41, 5.74) is -3.98. The Morgan fingerprint density at radius 1 is 1.11 bits per heavy atom. The average Bonchev–Trinajstić information content (AvgIpc) is 4.00. The van der Waals surface area contributed by atoms with Gasteiger partial charge in [-0.1, -0.05) is 43.2 Å². The third-order valence-electron chi connectivity index (χ3n) is 12.1. The summed E-state index contributed by atoms with van der Waals surface area (Å²) in [6.07, 6.45) is 0.682. The lowest BCUT2D eigenvalue weighted by Crippen LogP contribution is -2.59. The molecule has 0 radical (unpaired) electrons. The van der Waals surface area contributed by atoms with Crippen molar-refractivity contribution in [1.82, 2.24) is 24.8 Å². The summed E-state index contributed by atoms with van der Waals surface area (Å²) in [6, 6.07) is 3.14. The standard InChI is InChI=1S/C38H46F3N5O8S/c1-22(2)46(34(50)51)27-14-8-6-4-5-7-11-23-19-37(23,33(49)44-55(52,53)35(3)17-18-35)43-31(47)28-20-36(21-45(28)32(27)48)16-15-25-24-12-9-10-13-26(24)42-30(29(25)54-36)38(39,40)41/h7,9-13,22-23,27-28H,4-6,8,14-21H2,1-3H3,(H,43,47)(H,44,49)(H,50,51)/b11-7-/t23-,27+,28+,36-,37-/m1/s1. The summed E-state index contributed by atoms with van der Waals surface area (Å²) in [4.78, 5) is 62.0. The number of allylic oxidation sites excluding steroid dienone is 1. The number of nitrogens with one attached hydrogen (secondary N) is 2. The van der Waals surface area contributed by atoms with Crippen molar-refractivity contribution in [2.24, 2.45) is 5.92 Å². The summed E-state index contributed by atoms with van der Waals surface area (Å²) in [5.74, 6) is -3.50. The van der Waals surface area contributed by atoms with Gasteiger partial charge in [-0.15, -0.1) is 0 Å². The highest BCUT2D eigenvalue weighted by Gasteiger charge is 2.64. The Morgan fingerprint density at radius 2 is 1.84 bits per heavy atom. The van der Waals surface area contributed by atoms with Crippen LogP contribution < -0.4 is 14.8 Å². The quantitative estimate of drug-likeness (QED) is 0.350. The number of aryl methyl sites for hydroxylation is 1. The fourth-order valence-corrected chi connectivity index (χ4v) is 9.80. The summed E-state index contributed by atoms with van der Waals surface area (Å²) in [6.45, 7) is 4.44. The number of benzene rings is 1. The molecule has 5 aliphatic rings. The second-order valence-electron chi connectivity index (χ2n) is 16.3. The van der Waals surface area contributed by atoms with Crippen molar-refractivity contribution in [2.45, 2.75) is 132 Å². The predicted octanol–water partition coefficient (Wildman–Crippen LogP) is 5.07. The molecule has 298 valence electrons. The Labute approximate surface area is 317 Å². The van der Waals surface area contributed by atoms with Crippen LogP contribution in [-0.4, -0.2) is 92.7 Å². The molecule has 1 aromatic heterocycles. The van der Waals surface area contributed by atoms with E-state index in [0.717, 1.165) is 4.90 Å². The molecule has 3 N–H and O–H groups in total. The second-order valence-corrected chi connectivity index (χ2v) is 18.5. The molecule has 7 rings (SSSR count). The van der Waals surface area contributed by atoms with Crippen LogP contribution in [0.5, 0.6) is 5.75 Å². The zero-order valence-corrected chi connectivity index (χ0v) is 31.8. The monoisotopic (exact) mass is 789 g/mol. The van der Waals surface area contributed by atoms with Crippen LogP contribution in [0.4, 0.5) is 18.0 Å². The smallest absolute Gasteiger partial charge is 0.437 e. The second kappa shape index (κ2) is 13.7. The van der Waals surface area contributed by atoms with Gasteiger partial charge in [0.15, 0.2) is 11.4 Å². The number of hydrogen-bond donors (Lipinski definition) is 3. The summed E-state index contributed by atoms with van der Waals surface area (Å²) in [7, 11) is -4.09. The Balaban J connectivity index is 1.29. The first-order valence-corrected chi connectivity index (χ1v) is 20.3. The van der Waals surface area contributed by atoms with Gasteiger partial charge in [-0.05, 0) is 78.2 Å². The van der Waals surface area contributed by atoms with Gasteiger partial charge >= 0.3 is 12.3 Å². The lowest BCUT2D eigenvalue weighted by molar-refractivity contribution is -0.145. The Morgan fingerprint density at radius 3 is 2.51 bits per heavy atom. The molecule has 1 saturated heterocycles. The molecule has 1 aromatic carbocycles. The molecule has 55 heavy (non-hydrogen) atoms. The summed E-state index contributed by atoms with van der Waals surface area (Å²) < 4.78 is 77.5. The molecule has 3 fully saturated rings. The van der Waals surface area contributed by atoms with E-state index in [2.05, 4.69) is 15.0 Å². The van der Waals surface area contributed by atoms with Crippen molar-refractivity contribution in [3.63, 3.8) is 0 Å². The van der Waals surface area contributed by atoms with Crippen LogP contribution in [-0.2, 0) is 37.0 Å². The van der Waals surface area contributed by atoms with Crippen molar-refractivity contribution in [3.8, 4) is 5.75 Å². The minimum Gasteiger partial charge on any atom is -0.483 e. The minimum atomic E-state index is -4.90. The lowest BCUT2D eigenvalue weighted by atomic mass is 9.87. The van der Waals surface area contributed by atoms with Gasteiger partial charge in [0.25, 0.3) is 5.91 Å². The van der Waals surface area contributed by atoms with Crippen LogP contribution in [0, 0.1) is 5.92 Å². The number of ether oxygens (including phenoxy) is 1. The van der Waals surface area contributed by atoms with Gasteiger partial charge in [0.1, 0.15) is 23.2 Å². The Bertz CT molecular complexity index is 2070. The highest BCUT2D eigenvalue weighted by Crippen LogP contribution is 2.50. The van der Waals surface area contributed by atoms with Crippen LogP contribution in [0.15, 0.2) is 36.4 Å². The lowest BCUT2D eigenvalue weighted by Gasteiger charge is -2.38. The van der Waals surface area contributed by atoms with Crippen molar-refractivity contribution < 1.29 is 50.6 Å². The van der Waals surface area contributed by atoms with Gasteiger partial charge < -0.3 is 20.1 Å². The number of alkyl halides is 3. The topological polar surface area (TPSA) is 175 Å². The van der Waals surface area contributed by atoms with Crippen LogP contribution >= 0.6 is 0 Å². The molecule has 13 nitrogen and oxygen atoms in total. The predicted molar refractivity (Wildman–Crippen MR) is 193 cm³/mol. The van der Waals surface area contributed by atoms with E-state index in [9.17, 15) is 45.9 Å². The Hall–Kier alpha value is -4.41. The van der Waals surface area contributed by atoms with E-state index in [1.807, 2.05) is 6.08 Å². The number of halogens is 3. The van der Waals surface area contributed by atoms with Crippen molar-refractivity contribution in [3.05, 3.63) is 47.7 Å². The molecule has 2 aliphatic carbocycles. The molecule has 0 bridgehead atoms. The van der Waals surface area contributed by atoms with Gasteiger partial charge in [0.2, 0.25) is 21.8 Å². The van der Waals surface area contributed by atoms with Crippen LogP contribution in [0.3, 0.4) is 0 Å². The van der Waals surface area contributed by atoms with Gasteiger partial charge in [0, 0.05) is 29.3 Å². The number of carbonyl (C=O) groups is 4. The van der Waals surface area contributed by atoms with Crippen molar-refractivity contribution in [2.75, 3.05) is 6.54 Å². The molecule has 4 amide bonds. The highest BCUT2D eigenvalue weighted by atomic mass is 32.2. The number of rotatable bonds is 5. The maximum absolute atomic E-state index is 14.8. The van der Waals surface area contributed by atoms with Crippen LogP contribution in [0.1, 0.15) is 96.2 Å². The third-order valence-corrected chi connectivity index (χ3v) is 14.2. The van der Waals surface area contributed by atoms with Gasteiger partial charge in [-0.3, -0.25) is 24.0 Å². The van der Waals surface area contributed by atoms with Crippen LogP contribution in [0.2, 0.25) is 0 Å². The van der Waals surface area contributed by atoms with Gasteiger partial charge in [0.05, 0.1) is 16.8 Å². The van der Waals surface area contributed by atoms with Gasteiger partial charge in [-0.2, -0.15) is 13.2 Å². The summed E-state index contributed by atoms with van der Waals surface area (Å²) >= 11 is 0. The Kier molecular flexibility index (Phi) is 9.65.